The molecule has 3 aromatic rings. The van der Waals surface area contributed by atoms with Crippen molar-refractivity contribution in [2.75, 3.05) is 26.2 Å². The van der Waals surface area contributed by atoms with Gasteiger partial charge in [-0.05, 0) is 29.5 Å². The fourth-order valence-corrected chi connectivity index (χ4v) is 4.64. The fraction of sp³-hybridized carbons (Fsp3) is 0.280. The lowest BCUT2D eigenvalue weighted by atomic mass is 9.98. The topological polar surface area (TPSA) is 52.7 Å². The third-order valence-corrected chi connectivity index (χ3v) is 6.67. The van der Waals surface area contributed by atoms with E-state index >= 15 is 0 Å². The summed E-state index contributed by atoms with van der Waals surface area (Å²) >= 11 is 1.47. The van der Waals surface area contributed by atoms with Crippen LogP contribution >= 0.6 is 11.3 Å². The molecule has 5 nitrogen and oxygen atoms in total. The van der Waals surface area contributed by atoms with E-state index in [4.69, 9.17) is 0 Å². The summed E-state index contributed by atoms with van der Waals surface area (Å²) in [6, 6.07) is 23.4. The van der Waals surface area contributed by atoms with Crippen molar-refractivity contribution in [3.8, 4) is 0 Å². The van der Waals surface area contributed by atoms with Crippen molar-refractivity contribution in [2.24, 2.45) is 0 Å². The molecule has 0 bridgehead atoms. The Morgan fingerprint density at radius 1 is 0.839 bits per heavy atom. The third kappa shape index (κ3) is 5.03. The van der Waals surface area contributed by atoms with Crippen molar-refractivity contribution in [1.29, 1.82) is 0 Å². The highest BCUT2D eigenvalue weighted by Gasteiger charge is 2.29. The molecule has 0 saturated carbocycles. The van der Waals surface area contributed by atoms with Crippen LogP contribution in [0.3, 0.4) is 0 Å². The summed E-state index contributed by atoms with van der Waals surface area (Å²) in [5, 5.41) is 5.17. The molecule has 1 aliphatic rings. The van der Waals surface area contributed by atoms with Crippen LogP contribution in [0.25, 0.3) is 0 Å². The van der Waals surface area contributed by atoms with E-state index in [9.17, 15) is 9.59 Å². The number of nitrogens with one attached hydrogen (secondary N) is 1. The minimum absolute atomic E-state index is 0.00394. The molecule has 1 fully saturated rings. The molecular weight excluding hydrogens is 406 g/mol. The number of amides is 2. The maximum atomic E-state index is 13.2. The number of rotatable bonds is 6. The zero-order chi connectivity index (χ0) is 21.6. The van der Waals surface area contributed by atoms with Crippen molar-refractivity contribution >= 4 is 23.2 Å². The molecule has 0 radical (unpaired) electrons. The Labute approximate surface area is 187 Å². The largest absolute Gasteiger partial charge is 0.344 e. The third-order valence-electron chi connectivity index (χ3n) is 5.81. The lowest BCUT2D eigenvalue weighted by Crippen LogP contribution is -2.55. The second kappa shape index (κ2) is 9.90. The van der Waals surface area contributed by atoms with Crippen molar-refractivity contribution < 1.29 is 9.59 Å². The Bertz CT molecular complexity index is 945. The number of piperazine rings is 1. The van der Waals surface area contributed by atoms with Gasteiger partial charge in [0.1, 0.15) is 0 Å². The van der Waals surface area contributed by atoms with Gasteiger partial charge in [-0.25, -0.2) is 0 Å². The van der Waals surface area contributed by atoms with Gasteiger partial charge in [0.2, 0.25) is 5.91 Å². The maximum Gasteiger partial charge on any atom is 0.264 e. The first-order valence-corrected chi connectivity index (χ1v) is 11.5. The first-order valence-electron chi connectivity index (χ1n) is 10.6. The normalized spacial score (nSPS) is 15.6. The molecule has 1 saturated heterocycles. The Hall–Kier alpha value is -2.96. The second-order valence-electron chi connectivity index (χ2n) is 7.74. The molecule has 1 atom stereocenters. The van der Waals surface area contributed by atoms with E-state index in [-0.39, 0.29) is 23.9 Å². The van der Waals surface area contributed by atoms with Crippen molar-refractivity contribution in [2.45, 2.75) is 19.0 Å². The molecular formula is C25H27N3O2S. The predicted octanol–water partition coefficient (Wildman–Crippen LogP) is 3.80. The summed E-state index contributed by atoms with van der Waals surface area (Å²) in [5.74, 6) is 0.0794. The average Bonchev–Trinajstić information content (AvgIpc) is 3.38. The fourth-order valence-electron chi connectivity index (χ4n) is 3.95. The molecule has 2 amide bonds. The molecule has 2 heterocycles. The minimum Gasteiger partial charge on any atom is -0.344 e. The number of thiophene rings is 1. The second-order valence-corrected chi connectivity index (χ2v) is 8.69. The number of benzene rings is 2. The SMILES string of the molecule is C[C@@H](C(=O)NC(c1ccccc1)c1ccccc1)N1CCN(C(=O)c2cccs2)CC1. The number of hydrogen-bond donors (Lipinski definition) is 1. The van der Waals surface area contributed by atoms with Gasteiger partial charge in [-0.1, -0.05) is 66.7 Å². The van der Waals surface area contributed by atoms with E-state index < -0.39 is 0 Å². The van der Waals surface area contributed by atoms with Crippen LogP contribution in [0.2, 0.25) is 0 Å². The molecule has 1 N–H and O–H groups in total. The smallest absolute Gasteiger partial charge is 0.264 e. The van der Waals surface area contributed by atoms with Crippen LogP contribution in [0.1, 0.15) is 33.8 Å². The number of carbonyl (C=O) groups excluding carboxylic acids is 2. The summed E-state index contributed by atoms with van der Waals surface area (Å²) in [7, 11) is 0. The van der Waals surface area contributed by atoms with E-state index in [0.29, 0.717) is 26.2 Å². The first-order chi connectivity index (χ1) is 15.1. The number of nitrogens with zero attached hydrogens (tertiary/aromatic N) is 2. The molecule has 0 unspecified atom stereocenters. The van der Waals surface area contributed by atoms with Gasteiger partial charge in [-0.3, -0.25) is 14.5 Å². The van der Waals surface area contributed by atoms with Gasteiger partial charge >= 0.3 is 0 Å². The van der Waals surface area contributed by atoms with Gasteiger partial charge in [-0.2, -0.15) is 0 Å². The highest BCUT2D eigenvalue weighted by Crippen LogP contribution is 2.22. The van der Waals surface area contributed by atoms with Crippen LogP contribution in [0.4, 0.5) is 0 Å². The van der Waals surface area contributed by atoms with E-state index in [2.05, 4.69) is 10.2 Å². The van der Waals surface area contributed by atoms with Crippen LogP contribution in [-0.4, -0.2) is 53.8 Å². The van der Waals surface area contributed by atoms with Crippen molar-refractivity contribution in [3.63, 3.8) is 0 Å². The molecule has 31 heavy (non-hydrogen) atoms. The van der Waals surface area contributed by atoms with Gasteiger partial charge in [0.05, 0.1) is 17.0 Å². The summed E-state index contributed by atoms with van der Waals surface area (Å²) < 4.78 is 0. The van der Waals surface area contributed by atoms with Gasteiger partial charge < -0.3 is 10.2 Å². The molecule has 2 aromatic carbocycles. The van der Waals surface area contributed by atoms with Crippen molar-refractivity contribution in [3.05, 3.63) is 94.2 Å². The molecule has 4 rings (SSSR count). The van der Waals surface area contributed by atoms with Gasteiger partial charge in [0, 0.05) is 26.2 Å². The summed E-state index contributed by atoms with van der Waals surface area (Å²) in [5.41, 5.74) is 2.11. The van der Waals surface area contributed by atoms with Gasteiger partial charge in [0.15, 0.2) is 0 Å². The average molecular weight is 434 g/mol. The summed E-state index contributed by atoms with van der Waals surface area (Å²) in [4.78, 5) is 30.5. The highest BCUT2D eigenvalue weighted by molar-refractivity contribution is 7.12. The van der Waals surface area contributed by atoms with E-state index in [1.54, 1.807) is 0 Å². The van der Waals surface area contributed by atoms with Crippen LogP contribution < -0.4 is 5.32 Å². The van der Waals surface area contributed by atoms with Crippen LogP contribution in [0, 0.1) is 0 Å². The predicted molar refractivity (Wildman–Crippen MR) is 124 cm³/mol. The Morgan fingerprint density at radius 3 is 1.94 bits per heavy atom. The van der Waals surface area contributed by atoms with Gasteiger partial charge in [-0.15, -0.1) is 11.3 Å². The Balaban J connectivity index is 1.40. The standard InChI is InChI=1S/C25H27N3O2S/c1-19(27-14-16-28(17-15-27)25(30)22-13-8-18-31-22)24(29)26-23(20-9-4-2-5-10-20)21-11-6-3-7-12-21/h2-13,18-19,23H,14-17H2,1H3,(H,26,29)/t19-/m0/s1. The van der Waals surface area contributed by atoms with Crippen molar-refractivity contribution in [1.82, 2.24) is 15.1 Å². The van der Waals surface area contributed by atoms with Crippen LogP contribution in [0.5, 0.6) is 0 Å². The highest BCUT2D eigenvalue weighted by atomic mass is 32.1. The maximum absolute atomic E-state index is 13.2. The lowest BCUT2D eigenvalue weighted by molar-refractivity contribution is -0.126. The van der Waals surface area contributed by atoms with Gasteiger partial charge in [0.25, 0.3) is 5.91 Å². The minimum atomic E-state index is -0.270. The van der Waals surface area contributed by atoms with E-state index in [0.717, 1.165) is 16.0 Å². The summed E-state index contributed by atoms with van der Waals surface area (Å²) in [6.45, 7) is 4.59. The molecule has 1 aromatic heterocycles. The van der Waals surface area contributed by atoms with E-state index in [1.807, 2.05) is 90.0 Å². The monoisotopic (exact) mass is 433 g/mol. The quantitative estimate of drug-likeness (QED) is 0.643. The zero-order valence-corrected chi connectivity index (χ0v) is 18.4. The molecule has 6 heteroatoms. The van der Waals surface area contributed by atoms with Crippen LogP contribution in [0.15, 0.2) is 78.2 Å². The lowest BCUT2D eigenvalue weighted by Gasteiger charge is -2.37. The molecule has 160 valence electrons. The summed E-state index contributed by atoms with van der Waals surface area (Å²) in [6.07, 6.45) is 0. The molecule has 0 spiro atoms. The number of carbonyl (C=O) groups is 2. The Kier molecular flexibility index (Phi) is 6.79. The van der Waals surface area contributed by atoms with Crippen LogP contribution in [-0.2, 0) is 4.79 Å². The first kappa shape index (κ1) is 21.3. The Morgan fingerprint density at radius 2 is 1.42 bits per heavy atom. The van der Waals surface area contributed by atoms with E-state index in [1.165, 1.54) is 11.3 Å². The molecule has 1 aliphatic heterocycles. The molecule has 0 aliphatic carbocycles. The number of hydrogen-bond acceptors (Lipinski definition) is 4. The zero-order valence-electron chi connectivity index (χ0n) is 17.6.